The summed E-state index contributed by atoms with van der Waals surface area (Å²) in [6, 6.07) is 11.4. The smallest absolute Gasteiger partial charge is 0.294 e. The van der Waals surface area contributed by atoms with E-state index in [1.54, 1.807) is 32.9 Å². The molecule has 0 atom stereocenters. The zero-order chi connectivity index (χ0) is 25.9. The molecule has 0 bridgehead atoms. The molecule has 0 aliphatic heterocycles. The molecule has 11 nitrogen and oxygen atoms in total. The van der Waals surface area contributed by atoms with Crippen LogP contribution in [0.1, 0.15) is 35.6 Å². The highest BCUT2D eigenvalue weighted by molar-refractivity contribution is 7.89. The molecule has 0 saturated heterocycles. The minimum Gasteiger partial charge on any atom is -0.320 e. The maximum atomic E-state index is 13.0. The molecular formula is C23H25N5O6S. The molecule has 0 aliphatic rings. The molecule has 1 aromatic heterocycles. The highest BCUT2D eigenvalue weighted by Gasteiger charge is 2.25. The average Bonchev–Trinajstić information content (AvgIpc) is 2.80. The number of nitrogens with one attached hydrogen (secondary N) is 1. The first-order chi connectivity index (χ1) is 16.5. The van der Waals surface area contributed by atoms with E-state index >= 15 is 0 Å². The second-order valence-corrected chi connectivity index (χ2v) is 9.59. The van der Waals surface area contributed by atoms with Gasteiger partial charge in [-0.15, -0.1) is 0 Å². The third-order valence-electron chi connectivity index (χ3n) is 5.40. The van der Waals surface area contributed by atoms with Crippen LogP contribution in [-0.4, -0.2) is 46.4 Å². The van der Waals surface area contributed by atoms with Crippen molar-refractivity contribution in [1.82, 2.24) is 14.1 Å². The Hall–Kier alpha value is -3.90. The second-order valence-electron chi connectivity index (χ2n) is 7.68. The van der Waals surface area contributed by atoms with Gasteiger partial charge in [0.1, 0.15) is 5.69 Å². The number of carbonyl (C=O) groups excluding carboxylic acids is 1. The number of rotatable bonds is 8. The van der Waals surface area contributed by atoms with Gasteiger partial charge in [-0.2, -0.15) is 9.40 Å². The molecule has 0 fully saturated rings. The lowest BCUT2D eigenvalue weighted by atomic mass is 10.2. The Morgan fingerprint density at radius 1 is 1.11 bits per heavy atom. The molecule has 3 aromatic rings. The summed E-state index contributed by atoms with van der Waals surface area (Å²) in [6.07, 6.45) is 0. The summed E-state index contributed by atoms with van der Waals surface area (Å²) in [5.74, 6) is -0.877. The summed E-state index contributed by atoms with van der Waals surface area (Å²) >= 11 is 0. The highest BCUT2D eigenvalue weighted by atomic mass is 32.2. The van der Waals surface area contributed by atoms with E-state index in [1.165, 1.54) is 41.6 Å². The van der Waals surface area contributed by atoms with Gasteiger partial charge in [0.15, 0.2) is 5.69 Å². The summed E-state index contributed by atoms with van der Waals surface area (Å²) in [5.41, 5.74) is -0.383. The molecule has 1 heterocycles. The fourth-order valence-corrected chi connectivity index (χ4v) is 5.30. The Morgan fingerprint density at radius 2 is 1.77 bits per heavy atom. The molecule has 1 amide bonds. The SMILES string of the molecule is CCN(CC)S(=O)(=O)c1cc(NC(=O)c2nn(-c3ccccc3[N+](=O)[O-])c(C)cc2=O)ccc1C. The van der Waals surface area contributed by atoms with Crippen molar-refractivity contribution in [3.05, 3.63) is 85.8 Å². The van der Waals surface area contributed by atoms with Crippen LogP contribution in [-0.2, 0) is 10.0 Å². The van der Waals surface area contributed by atoms with Gasteiger partial charge in [0.05, 0.1) is 9.82 Å². The molecule has 35 heavy (non-hydrogen) atoms. The molecule has 0 saturated carbocycles. The number of nitrogens with zero attached hydrogens (tertiary/aromatic N) is 4. The first-order valence-corrected chi connectivity index (χ1v) is 12.2. The van der Waals surface area contributed by atoms with Crippen molar-refractivity contribution in [1.29, 1.82) is 0 Å². The number of anilines is 1. The zero-order valence-electron chi connectivity index (χ0n) is 19.7. The van der Waals surface area contributed by atoms with E-state index in [9.17, 15) is 28.1 Å². The van der Waals surface area contributed by atoms with Gasteiger partial charge in [0.25, 0.3) is 11.6 Å². The topological polar surface area (TPSA) is 145 Å². The molecule has 184 valence electrons. The van der Waals surface area contributed by atoms with Crippen molar-refractivity contribution in [3.8, 4) is 5.69 Å². The van der Waals surface area contributed by atoms with Crippen molar-refractivity contribution >= 4 is 27.3 Å². The lowest BCUT2D eigenvalue weighted by Gasteiger charge is -2.20. The first-order valence-electron chi connectivity index (χ1n) is 10.8. The molecule has 0 spiro atoms. The van der Waals surface area contributed by atoms with Crippen LogP contribution in [0.3, 0.4) is 0 Å². The Labute approximate surface area is 202 Å². The predicted molar refractivity (Wildman–Crippen MR) is 130 cm³/mol. The maximum absolute atomic E-state index is 13.0. The van der Waals surface area contributed by atoms with Crippen LogP contribution in [0.15, 0.2) is 58.2 Å². The molecular weight excluding hydrogens is 474 g/mol. The second kappa shape index (κ2) is 10.2. The van der Waals surface area contributed by atoms with Crippen molar-refractivity contribution in [3.63, 3.8) is 0 Å². The number of sulfonamides is 1. The summed E-state index contributed by atoms with van der Waals surface area (Å²) in [5, 5.41) is 18.0. The summed E-state index contributed by atoms with van der Waals surface area (Å²) in [7, 11) is -3.79. The lowest BCUT2D eigenvalue weighted by Crippen LogP contribution is -2.31. The molecule has 1 N–H and O–H groups in total. The first kappa shape index (κ1) is 25.7. The Balaban J connectivity index is 2.03. The quantitative estimate of drug-likeness (QED) is 0.370. The van der Waals surface area contributed by atoms with Gasteiger partial charge in [0.2, 0.25) is 15.5 Å². The van der Waals surface area contributed by atoms with Gasteiger partial charge in [-0.05, 0) is 37.6 Å². The average molecular weight is 500 g/mol. The fourth-order valence-electron chi connectivity index (χ4n) is 3.59. The predicted octanol–water partition coefficient (Wildman–Crippen LogP) is 3.04. The summed E-state index contributed by atoms with van der Waals surface area (Å²) in [4.78, 5) is 36.4. The third-order valence-corrected chi connectivity index (χ3v) is 7.59. The van der Waals surface area contributed by atoms with Gasteiger partial charge < -0.3 is 5.32 Å². The number of amides is 1. The van der Waals surface area contributed by atoms with Crippen LogP contribution >= 0.6 is 0 Å². The van der Waals surface area contributed by atoms with E-state index in [-0.39, 0.29) is 35.0 Å². The standard InChI is InChI=1S/C23H25N5O6S/c1-5-26(6-2)35(33,34)21-14-17(12-11-15(21)3)24-23(30)22-20(29)13-16(4)27(25-22)18-9-7-8-10-19(18)28(31)32/h7-14H,5-6H2,1-4H3,(H,24,30). The van der Waals surface area contributed by atoms with Gasteiger partial charge in [-0.3, -0.25) is 19.7 Å². The number of para-hydroxylation sites is 2. The summed E-state index contributed by atoms with van der Waals surface area (Å²) in [6.45, 7) is 7.22. The minimum absolute atomic E-state index is 0.0354. The summed E-state index contributed by atoms with van der Waals surface area (Å²) < 4.78 is 28.4. The van der Waals surface area contributed by atoms with Crippen LogP contribution in [0.5, 0.6) is 0 Å². The number of nitro groups is 1. The number of nitro benzene ring substituents is 1. The molecule has 0 unspecified atom stereocenters. The number of aryl methyl sites for hydroxylation is 2. The van der Waals surface area contributed by atoms with Crippen LogP contribution < -0.4 is 10.7 Å². The zero-order valence-corrected chi connectivity index (χ0v) is 20.5. The maximum Gasteiger partial charge on any atom is 0.294 e. The lowest BCUT2D eigenvalue weighted by molar-refractivity contribution is -0.384. The van der Waals surface area contributed by atoms with Crippen molar-refractivity contribution in [2.75, 3.05) is 18.4 Å². The molecule has 12 heteroatoms. The molecule has 0 aliphatic carbocycles. The Kier molecular flexibility index (Phi) is 7.46. The van der Waals surface area contributed by atoms with Gasteiger partial charge in [-0.1, -0.05) is 32.0 Å². The monoisotopic (exact) mass is 499 g/mol. The van der Waals surface area contributed by atoms with E-state index in [2.05, 4.69) is 10.4 Å². The van der Waals surface area contributed by atoms with Gasteiger partial charge in [0, 0.05) is 36.6 Å². The van der Waals surface area contributed by atoms with E-state index in [0.29, 0.717) is 11.3 Å². The normalized spacial score (nSPS) is 11.5. The van der Waals surface area contributed by atoms with Crippen LogP contribution in [0.4, 0.5) is 11.4 Å². The van der Waals surface area contributed by atoms with Crippen molar-refractivity contribution < 1.29 is 18.1 Å². The molecule has 0 radical (unpaired) electrons. The third kappa shape index (κ3) is 5.12. The number of hydrogen-bond donors (Lipinski definition) is 1. The number of carbonyl (C=O) groups is 1. The van der Waals surface area contributed by atoms with Gasteiger partial charge >= 0.3 is 0 Å². The van der Waals surface area contributed by atoms with E-state index in [1.807, 2.05) is 0 Å². The van der Waals surface area contributed by atoms with E-state index < -0.39 is 32.0 Å². The van der Waals surface area contributed by atoms with Crippen molar-refractivity contribution in [2.24, 2.45) is 0 Å². The van der Waals surface area contributed by atoms with E-state index in [4.69, 9.17) is 0 Å². The Bertz CT molecular complexity index is 1460. The minimum atomic E-state index is -3.79. The van der Waals surface area contributed by atoms with Crippen molar-refractivity contribution in [2.45, 2.75) is 32.6 Å². The van der Waals surface area contributed by atoms with Crippen LogP contribution in [0.2, 0.25) is 0 Å². The highest BCUT2D eigenvalue weighted by Crippen LogP contribution is 2.25. The van der Waals surface area contributed by atoms with Gasteiger partial charge in [-0.25, -0.2) is 13.1 Å². The molecule has 3 rings (SSSR count). The largest absolute Gasteiger partial charge is 0.320 e. The fraction of sp³-hybridized carbons (Fsp3) is 0.261. The van der Waals surface area contributed by atoms with E-state index in [0.717, 1.165) is 10.7 Å². The number of aromatic nitrogens is 2. The number of hydrogen-bond acceptors (Lipinski definition) is 7. The molecule has 2 aromatic carbocycles. The van der Waals surface area contributed by atoms with Crippen LogP contribution in [0, 0.1) is 24.0 Å². The number of benzene rings is 2. The Morgan fingerprint density at radius 3 is 2.40 bits per heavy atom. The van der Waals surface area contributed by atoms with Crippen LogP contribution in [0.25, 0.3) is 5.69 Å².